The van der Waals surface area contributed by atoms with Gasteiger partial charge in [-0.3, -0.25) is 0 Å². The molecule has 5 fully saturated rings. The minimum absolute atomic E-state index is 0.877. The van der Waals surface area contributed by atoms with Crippen LogP contribution in [0.15, 0.2) is 0 Å². The number of hydrogen-bond donors (Lipinski definition) is 0. The van der Waals surface area contributed by atoms with Crippen LogP contribution in [0.4, 0.5) is 0 Å². The predicted octanol–water partition coefficient (Wildman–Crippen LogP) is 2.69. The molecule has 0 aromatic heterocycles. The Bertz CT molecular complexity index is 333. The van der Waals surface area contributed by atoms with E-state index in [-0.39, 0.29) is 0 Å². The average molecular weight is 160 g/mol. The van der Waals surface area contributed by atoms with Gasteiger partial charge >= 0.3 is 0 Å². The summed E-state index contributed by atoms with van der Waals surface area (Å²) in [7, 11) is 0. The van der Waals surface area contributed by atoms with Crippen LogP contribution < -0.4 is 0 Å². The fourth-order valence-electron chi connectivity index (χ4n) is 7.38. The van der Waals surface area contributed by atoms with Crippen molar-refractivity contribution in [3.8, 4) is 0 Å². The molecule has 0 saturated heterocycles. The van der Waals surface area contributed by atoms with Crippen molar-refractivity contribution in [2.45, 2.75) is 33.1 Å². The lowest BCUT2D eigenvalue weighted by molar-refractivity contribution is -0.168. The van der Waals surface area contributed by atoms with Crippen LogP contribution in [0.1, 0.15) is 33.1 Å². The molecule has 5 saturated carbocycles. The van der Waals surface area contributed by atoms with Gasteiger partial charge in [-0.15, -0.1) is 0 Å². The molecule has 12 heavy (non-hydrogen) atoms. The van der Waals surface area contributed by atoms with Gasteiger partial charge in [-0.25, -0.2) is 0 Å². The zero-order chi connectivity index (χ0) is 7.93. The van der Waals surface area contributed by atoms with Gasteiger partial charge in [0.25, 0.3) is 0 Å². The first-order valence-corrected chi connectivity index (χ1v) is 5.67. The van der Waals surface area contributed by atoms with Gasteiger partial charge in [0.2, 0.25) is 0 Å². The Morgan fingerprint density at radius 1 is 1.08 bits per heavy atom. The summed E-state index contributed by atoms with van der Waals surface area (Å²) in [6, 6.07) is 0. The highest BCUT2D eigenvalue weighted by atomic mass is 15.1. The number of rotatable bonds is 0. The molecule has 0 N–H and O–H groups in total. The van der Waals surface area contributed by atoms with E-state index in [0.29, 0.717) is 0 Å². The summed E-state index contributed by atoms with van der Waals surface area (Å²) in [5.41, 5.74) is 2.71. The van der Waals surface area contributed by atoms with Gasteiger partial charge in [0.15, 0.2) is 0 Å². The lowest BCUT2D eigenvalue weighted by Crippen LogP contribution is -2.59. The second-order valence-corrected chi connectivity index (χ2v) is 6.72. The highest BCUT2D eigenvalue weighted by Gasteiger charge is 3.03. The number of hydrogen-bond acceptors (Lipinski definition) is 0. The van der Waals surface area contributed by atoms with Crippen molar-refractivity contribution < 1.29 is 0 Å². The molecule has 0 aromatic carbocycles. The summed E-state index contributed by atoms with van der Waals surface area (Å²) in [6.45, 7) is 5.23. The summed E-state index contributed by atoms with van der Waals surface area (Å²) in [6.07, 6.45) is 4.86. The van der Waals surface area contributed by atoms with Gasteiger partial charge in [-0.1, -0.05) is 13.8 Å². The van der Waals surface area contributed by atoms with Crippen molar-refractivity contribution in [3.63, 3.8) is 0 Å². The molecule has 0 aromatic rings. The van der Waals surface area contributed by atoms with E-state index in [1.807, 2.05) is 0 Å². The van der Waals surface area contributed by atoms with E-state index in [1.54, 1.807) is 19.3 Å². The molecule has 64 valence electrons. The van der Waals surface area contributed by atoms with E-state index >= 15 is 0 Å². The summed E-state index contributed by atoms with van der Waals surface area (Å²) in [5.74, 6) is 4.79. The van der Waals surface area contributed by atoms with Crippen molar-refractivity contribution in [2.24, 2.45) is 39.9 Å². The molecule has 0 heteroatoms. The molecule has 7 unspecified atom stereocenters. The highest BCUT2D eigenvalue weighted by molar-refractivity contribution is 5.50. The van der Waals surface area contributed by atoms with Gasteiger partial charge in [-0.05, 0) is 59.2 Å². The van der Waals surface area contributed by atoms with Crippen LogP contribution in [0.25, 0.3) is 0 Å². The van der Waals surface area contributed by atoms with E-state index in [2.05, 4.69) is 13.8 Å². The first kappa shape index (κ1) is 5.67. The van der Waals surface area contributed by atoms with E-state index in [9.17, 15) is 0 Å². The minimum atomic E-state index is 0.877. The quantitative estimate of drug-likeness (QED) is 0.511. The Balaban J connectivity index is 1.86. The monoisotopic (exact) mass is 160 g/mol. The lowest BCUT2D eigenvalue weighted by Gasteiger charge is -2.64. The first-order valence-electron chi connectivity index (χ1n) is 5.67. The Kier molecular flexibility index (Phi) is 0.477. The molecular formula is C12H16. The van der Waals surface area contributed by atoms with Gasteiger partial charge < -0.3 is 0 Å². The van der Waals surface area contributed by atoms with Crippen molar-refractivity contribution in [1.29, 1.82) is 0 Å². The summed E-state index contributed by atoms with van der Waals surface area (Å²) < 4.78 is 0. The summed E-state index contributed by atoms with van der Waals surface area (Å²) >= 11 is 0. The molecular weight excluding hydrogens is 144 g/mol. The van der Waals surface area contributed by atoms with Crippen LogP contribution in [0, 0.1) is 39.9 Å². The molecule has 7 atom stereocenters. The molecule has 0 bridgehead atoms. The van der Waals surface area contributed by atoms with Crippen LogP contribution in [0.5, 0.6) is 0 Å². The summed E-state index contributed by atoms with van der Waals surface area (Å²) in [5, 5.41) is 0. The molecule has 0 aliphatic heterocycles. The number of fused-ring (bicyclic) bond motifs is 2. The molecule has 0 radical (unpaired) electrons. The van der Waals surface area contributed by atoms with Crippen LogP contribution in [0.3, 0.4) is 0 Å². The van der Waals surface area contributed by atoms with Crippen LogP contribution in [0.2, 0.25) is 0 Å². The van der Waals surface area contributed by atoms with Crippen LogP contribution in [-0.4, -0.2) is 0 Å². The van der Waals surface area contributed by atoms with E-state index < -0.39 is 0 Å². The lowest BCUT2D eigenvalue weighted by atomic mass is 9.40. The standard InChI is InChI=1S/C12H16/c1-10-5-7-3-6-4-8-9(10)12(7,10)11(6,8)2/h6-9H,3-5H2,1-2H3. The van der Waals surface area contributed by atoms with Crippen LogP contribution >= 0.6 is 0 Å². The van der Waals surface area contributed by atoms with Crippen molar-refractivity contribution in [2.75, 3.05) is 0 Å². The normalized spacial score (nSPS) is 90.5. The maximum absolute atomic E-state index is 2.63. The molecule has 0 heterocycles. The Labute approximate surface area is 73.7 Å². The largest absolute Gasteiger partial charge is 0.0588 e. The zero-order valence-corrected chi connectivity index (χ0v) is 7.93. The maximum Gasteiger partial charge on any atom is -0.0116 e. The molecule has 5 aliphatic carbocycles. The second-order valence-electron chi connectivity index (χ2n) is 6.72. The van der Waals surface area contributed by atoms with Crippen molar-refractivity contribution in [3.05, 3.63) is 0 Å². The first-order chi connectivity index (χ1) is 5.67. The smallest absolute Gasteiger partial charge is 0.0116 e. The molecule has 0 amide bonds. The van der Waals surface area contributed by atoms with Gasteiger partial charge in [0, 0.05) is 0 Å². The highest BCUT2D eigenvalue weighted by Crippen LogP contribution is 3.08. The molecule has 0 nitrogen and oxygen atoms in total. The summed E-state index contributed by atoms with van der Waals surface area (Å²) in [4.78, 5) is 0. The predicted molar refractivity (Wildman–Crippen MR) is 46.5 cm³/mol. The van der Waals surface area contributed by atoms with Crippen molar-refractivity contribution in [1.82, 2.24) is 0 Å². The van der Waals surface area contributed by atoms with Gasteiger partial charge in [-0.2, -0.15) is 0 Å². The maximum atomic E-state index is 2.63. The fourth-order valence-corrected chi connectivity index (χ4v) is 7.38. The van der Waals surface area contributed by atoms with E-state index in [0.717, 1.165) is 16.2 Å². The SMILES string of the molecule is CC12CC3CC4CC5C1C32C45C. The van der Waals surface area contributed by atoms with Crippen LogP contribution in [-0.2, 0) is 0 Å². The second kappa shape index (κ2) is 1.01. The van der Waals surface area contributed by atoms with E-state index in [1.165, 1.54) is 23.7 Å². The third-order valence-electron chi connectivity index (χ3n) is 7.37. The molecule has 5 rings (SSSR count). The fraction of sp³-hybridized carbons (Fsp3) is 1.00. The Hall–Kier alpha value is 0. The molecule has 1 spiro atoms. The van der Waals surface area contributed by atoms with E-state index in [4.69, 9.17) is 0 Å². The average Bonchev–Trinajstić information content (AvgIpc) is 2.43. The Morgan fingerprint density at radius 3 is 2.67 bits per heavy atom. The zero-order valence-electron chi connectivity index (χ0n) is 7.93. The van der Waals surface area contributed by atoms with Crippen molar-refractivity contribution >= 4 is 0 Å². The third-order valence-corrected chi connectivity index (χ3v) is 7.37. The topological polar surface area (TPSA) is 0 Å². The molecule has 5 aliphatic rings. The Morgan fingerprint density at radius 2 is 1.92 bits per heavy atom. The minimum Gasteiger partial charge on any atom is -0.0588 e. The van der Waals surface area contributed by atoms with Gasteiger partial charge in [0.1, 0.15) is 0 Å². The third kappa shape index (κ3) is 0.204. The van der Waals surface area contributed by atoms with Gasteiger partial charge in [0.05, 0.1) is 0 Å².